The standard InChI is InChI=1S/C13H12FNO2/c1-17-12-5-4-9(14)6-10(12)11(7-15)13(16)8-2-3-8/h4-6,8,11H,2-3H2,1H3. The van der Waals surface area contributed by atoms with Gasteiger partial charge in [0.2, 0.25) is 0 Å². The highest BCUT2D eigenvalue weighted by atomic mass is 19.1. The molecular weight excluding hydrogens is 221 g/mol. The van der Waals surface area contributed by atoms with Gasteiger partial charge in [0.25, 0.3) is 0 Å². The van der Waals surface area contributed by atoms with E-state index in [0.29, 0.717) is 11.3 Å². The quantitative estimate of drug-likeness (QED) is 0.802. The van der Waals surface area contributed by atoms with E-state index < -0.39 is 11.7 Å². The molecule has 1 aromatic carbocycles. The second kappa shape index (κ2) is 4.54. The van der Waals surface area contributed by atoms with Gasteiger partial charge in [0.05, 0.1) is 13.2 Å². The Morgan fingerprint density at radius 1 is 1.59 bits per heavy atom. The predicted octanol–water partition coefficient (Wildman–Crippen LogP) is 2.42. The second-order valence-electron chi connectivity index (χ2n) is 4.13. The van der Waals surface area contributed by atoms with Crippen molar-refractivity contribution in [3.05, 3.63) is 29.6 Å². The zero-order chi connectivity index (χ0) is 12.4. The molecule has 1 aliphatic carbocycles. The summed E-state index contributed by atoms with van der Waals surface area (Å²) in [6, 6.07) is 5.83. The number of hydrogen-bond acceptors (Lipinski definition) is 3. The van der Waals surface area contributed by atoms with Crippen molar-refractivity contribution in [3.8, 4) is 11.8 Å². The van der Waals surface area contributed by atoms with Gasteiger partial charge in [-0.2, -0.15) is 5.26 Å². The fraction of sp³-hybridized carbons (Fsp3) is 0.385. The fourth-order valence-electron chi connectivity index (χ4n) is 1.82. The Morgan fingerprint density at radius 3 is 2.82 bits per heavy atom. The lowest BCUT2D eigenvalue weighted by molar-refractivity contribution is -0.120. The Balaban J connectivity index is 2.39. The maximum atomic E-state index is 13.2. The van der Waals surface area contributed by atoms with Gasteiger partial charge in [0, 0.05) is 11.5 Å². The number of halogens is 1. The van der Waals surface area contributed by atoms with Gasteiger partial charge in [-0.1, -0.05) is 0 Å². The largest absolute Gasteiger partial charge is 0.496 e. The molecule has 2 rings (SSSR count). The van der Waals surface area contributed by atoms with Crippen LogP contribution in [0.5, 0.6) is 5.75 Å². The van der Waals surface area contributed by atoms with Gasteiger partial charge in [-0.25, -0.2) is 4.39 Å². The van der Waals surface area contributed by atoms with Crippen LogP contribution in [0.1, 0.15) is 24.3 Å². The van der Waals surface area contributed by atoms with E-state index in [4.69, 9.17) is 10.00 Å². The number of Topliss-reactive ketones (excluding diaryl/α,β-unsaturated/α-hetero) is 1. The molecule has 0 spiro atoms. The summed E-state index contributed by atoms with van der Waals surface area (Å²) in [5.41, 5.74) is 0.326. The topological polar surface area (TPSA) is 50.1 Å². The Labute approximate surface area is 98.8 Å². The highest BCUT2D eigenvalue weighted by Gasteiger charge is 2.36. The second-order valence-corrected chi connectivity index (χ2v) is 4.13. The van der Waals surface area contributed by atoms with E-state index >= 15 is 0 Å². The van der Waals surface area contributed by atoms with Crippen LogP contribution in [0, 0.1) is 23.1 Å². The normalized spacial score (nSPS) is 16.1. The number of nitriles is 1. The number of rotatable bonds is 4. The van der Waals surface area contributed by atoms with Crippen LogP contribution in [0.4, 0.5) is 4.39 Å². The number of carbonyl (C=O) groups excluding carboxylic acids is 1. The summed E-state index contributed by atoms with van der Waals surface area (Å²) in [6.45, 7) is 0. The highest BCUT2D eigenvalue weighted by molar-refractivity contribution is 5.92. The Bertz CT molecular complexity index is 489. The summed E-state index contributed by atoms with van der Waals surface area (Å²) < 4.78 is 18.2. The lowest BCUT2D eigenvalue weighted by Gasteiger charge is -2.12. The molecule has 17 heavy (non-hydrogen) atoms. The first-order valence-corrected chi connectivity index (χ1v) is 5.44. The molecule has 0 heterocycles. The van der Waals surface area contributed by atoms with E-state index in [2.05, 4.69) is 0 Å². The minimum absolute atomic E-state index is 0.0346. The van der Waals surface area contributed by atoms with E-state index in [9.17, 15) is 9.18 Å². The molecule has 0 amide bonds. The Hall–Kier alpha value is -1.89. The van der Waals surface area contributed by atoms with Crippen LogP contribution in [-0.4, -0.2) is 12.9 Å². The molecular formula is C13H12FNO2. The van der Waals surface area contributed by atoms with Crippen molar-refractivity contribution in [1.29, 1.82) is 5.26 Å². The first kappa shape index (κ1) is 11.6. The number of ether oxygens (including phenoxy) is 1. The summed E-state index contributed by atoms with van der Waals surface area (Å²) in [5.74, 6) is -1.17. The molecule has 1 aliphatic rings. The first-order valence-electron chi connectivity index (χ1n) is 5.44. The molecule has 0 radical (unpaired) electrons. The van der Waals surface area contributed by atoms with E-state index in [1.165, 1.54) is 25.3 Å². The number of hydrogen-bond donors (Lipinski definition) is 0. The molecule has 0 aromatic heterocycles. The monoisotopic (exact) mass is 233 g/mol. The highest BCUT2D eigenvalue weighted by Crippen LogP contribution is 2.37. The third-order valence-corrected chi connectivity index (χ3v) is 2.90. The number of ketones is 1. The molecule has 0 aliphatic heterocycles. The summed E-state index contributed by atoms with van der Waals surface area (Å²) in [6.07, 6.45) is 1.66. The van der Waals surface area contributed by atoms with Gasteiger partial charge in [0.15, 0.2) is 5.78 Å². The zero-order valence-corrected chi connectivity index (χ0v) is 9.44. The molecule has 3 nitrogen and oxygen atoms in total. The van der Waals surface area contributed by atoms with Crippen LogP contribution >= 0.6 is 0 Å². The lowest BCUT2D eigenvalue weighted by Crippen LogP contribution is -2.14. The zero-order valence-electron chi connectivity index (χ0n) is 9.44. The molecule has 1 fully saturated rings. The number of methoxy groups -OCH3 is 1. The van der Waals surface area contributed by atoms with Crippen LogP contribution < -0.4 is 4.74 Å². The van der Waals surface area contributed by atoms with Crippen molar-refractivity contribution in [2.45, 2.75) is 18.8 Å². The van der Waals surface area contributed by atoms with Crippen LogP contribution in [-0.2, 0) is 4.79 Å². The van der Waals surface area contributed by atoms with Crippen molar-refractivity contribution in [1.82, 2.24) is 0 Å². The maximum Gasteiger partial charge on any atom is 0.157 e. The SMILES string of the molecule is COc1ccc(F)cc1C(C#N)C(=O)C1CC1. The fourth-order valence-corrected chi connectivity index (χ4v) is 1.82. The predicted molar refractivity (Wildman–Crippen MR) is 59.0 cm³/mol. The van der Waals surface area contributed by atoms with Gasteiger partial charge in [-0.3, -0.25) is 4.79 Å². The van der Waals surface area contributed by atoms with Crippen LogP contribution in [0.25, 0.3) is 0 Å². The minimum Gasteiger partial charge on any atom is -0.496 e. The summed E-state index contributed by atoms with van der Waals surface area (Å²) in [5, 5.41) is 9.09. The molecule has 0 N–H and O–H groups in total. The summed E-state index contributed by atoms with van der Waals surface area (Å²) >= 11 is 0. The maximum absolute atomic E-state index is 13.2. The van der Waals surface area contributed by atoms with Gasteiger partial charge < -0.3 is 4.74 Å². The van der Waals surface area contributed by atoms with E-state index in [1.807, 2.05) is 6.07 Å². The third-order valence-electron chi connectivity index (χ3n) is 2.90. The smallest absolute Gasteiger partial charge is 0.157 e. The van der Waals surface area contributed by atoms with E-state index in [-0.39, 0.29) is 11.7 Å². The van der Waals surface area contributed by atoms with E-state index in [0.717, 1.165) is 12.8 Å². The summed E-state index contributed by atoms with van der Waals surface area (Å²) in [7, 11) is 1.44. The van der Waals surface area contributed by atoms with Crippen molar-refractivity contribution < 1.29 is 13.9 Å². The lowest BCUT2D eigenvalue weighted by atomic mass is 9.92. The average molecular weight is 233 g/mol. The molecule has 1 atom stereocenters. The Morgan fingerprint density at radius 2 is 2.29 bits per heavy atom. The van der Waals surface area contributed by atoms with Crippen molar-refractivity contribution >= 4 is 5.78 Å². The number of carbonyl (C=O) groups is 1. The van der Waals surface area contributed by atoms with Crippen LogP contribution in [0.15, 0.2) is 18.2 Å². The third kappa shape index (κ3) is 2.28. The minimum atomic E-state index is -0.923. The average Bonchev–Trinajstić information content (AvgIpc) is 3.14. The molecule has 0 bridgehead atoms. The molecule has 0 saturated heterocycles. The van der Waals surface area contributed by atoms with Gasteiger partial charge in [0.1, 0.15) is 17.5 Å². The molecule has 88 valence electrons. The van der Waals surface area contributed by atoms with Gasteiger partial charge in [-0.15, -0.1) is 0 Å². The molecule has 1 saturated carbocycles. The first-order chi connectivity index (χ1) is 8.17. The van der Waals surface area contributed by atoms with Crippen molar-refractivity contribution in [2.75, 3.05) is 7.11 Å². The van der Waals surface area contributed by atoms with Crippen LogP contribution in [0.3, 0.4) is 0 Å². The summed E-state index contributed by atoms with van der Waals surface area (Å²) in [4.78, 5) is 11.9. The van der Waals surface area contributed by atoms with Crippen LogP contribution in [0.2, 0.25) is 0 Å². The Kier molecular flexibility index (Phi) is 3.10. The number of benzene rings is 1. The van der Waals surface area contributed by atoms with Gasteiger partial charge in [-0.05, 0) is 31.0 Å². The number of nitrogens with zero attached hydrogens (tertiary/aromatic N) is 1. The molecule has 4 heteroatoms. The van der Waals surface area contributed by atoms with Gasteiger partial charge >= 0.3 is 0 Å². The molecule has 1 aromatic rings. The van der Waals surface area contributed by atoms with E-state index in [1.54, 1.807) is 0 Å². The molecule has 1 unspecified atom stereocenters. The van der Waals surface area contributed by atoms with Crippen molar-refractivity contribution in [2.24, 2.45) is 5.92 Å². The van der Waals surface area contributed by atoms with Crippen molar-refractivity contribution in [3.63, 3.8) is 0 Å².